The van der Waals surface area contributed by atoms with Crippen molar-refractivity contribution in [2.24, 2.45) is 5.73 Å². The molecule has 1 heterocycles. The van der Waals surface area contributed by atoms with Crippen LogP contribution in [0.4, 0.5) is 4.39 Å². The van der Waals surface area contributed by atoms with E-state index in [9.17, 15) is 4.39 Å². The fraction of sp³-hybridized carbons (Fsp3) is 0.231. The van der Waals surface area contributed by atoms with Crippen LogP contribution in [0.15, 0.2) is 26.9 Å². The topological polar surface area (TPSA) is 51.8 Å². The highest BCUT2D eigenvalue weighted by atomic mass is 32.2. The Hall–Kier alpha value is -1.07. The molecule has 0 spiro atoms. The predicted molar refractivity (Wildman–Crippen MR) is 83.6 cm³/mol. The van der Waals surface area contributed by atoms with Crippen LogP contribution in [0.5, 0.6) is 0 Å². The minimum absolute atomic E-state index is 0.260. The molecule has 0 fully saturated rings. The van der Waals surface area contributed by atoms with E-state index in [4.69, 9.17) is 5.73 Å². The lowest BCUT2D eigenvalue weighted by Crippen LogP contribution is -1.95. The van der Waals surface area contributed by atoms with E-state index in [2.05, 4.69) is 22.0 Å². The second kappa shape index (κ2) is 7.64. The van der Waals surface area contributed by atoms with Gasteiger partial charge in [-0.1, -0.05) is 52.8 Å². The summed E-state index contributed by atoms with van der Waals surface area (Å²) in [6.45, 7) is 0.260. The maximum Gasteiger partial charge on any atom is 0.175 e. The molecule has 0 saturated heterocycles. The molecule has 3 nitrogen and oxygen atoms in total. The van der Waals surface area contributed by atoms with Gasteiger partial charge in [0.1, 0.15) is 5.82 Å². The molecule has 0 unspecified atom stereocenters. The molecule has 0 amide bonds. The summed E-state index contributed by atoms with van der Waals surface area (Å²) in [6.07, 6.45) is 1.97. The van der Waals surface area contributed by atoms with E-state index < -0.39 is 0 Å². The van der Waals surface area contributed by atoms with Gasteiger partial charge in [0, 0.05) is 11.3 Å². The predicted octanol–water partition coefficient (Wildman–Crippen LogP) is 3.00. The second-order valence-electron chi connectivity index (χ2n) is 3.63. The van der Waals surface area contributed by atoms with Crippen molar-refractivity contribution in [3.05, 3.63) is 35.1 Å². The average molecular weight is 325 g/mol. The molecule has 2 rings (SSSR count). The Balaban J connectivity index is 2.12. The number of hydrogen-bond acceptors (Lipinski definition) is 6. The van der Waals surface area contributed by atoms with Crippen molar-refractivity contribution in [3.8, 4) is 11.8 Å². The van der Waals surface area contributed by atoms with E-state index in [1.54, 1.807) is 40.9 Å². The SMILES string of the molecule is CSc1nnc(SCc2ccc(F)cc2C#CCN)s1. The van der Waals surface area contributed by atoms with Crippen LogP contribution >= 0.6 is 34.9 Å². The molecule has 0 atom stereocenters. The van der Waals surface area contributed by atoms with Crippen molar-refractivity contribution in [2.45, 2.75) is 14.4 Å². The fourth-order valence-corrected chi connectivity index (χ4v) is 3.86. The second-order valence-corrected chi connectivity index (χ2v) is 6.89. The quantitative estimate of drug-likeness (QED) is 0.692. The van der Waals surface area contributed by atoms with Gasteiger partial charge in [0.25, 0.3) is 0 Å². The number of nitrogens with zero attached hydrogens (tertiary/aromatic N) is 2. The maximum atomic E-state index is 13.3. The van der Waals surface area contributed by atoms with Crippen molar-refractivity contribution in [1.29, 1.82) is 0 Å². The molecule has 2 aromatic rings. The number of thioether (sulfide) groups is 2. The zero-order chi connectivity index (χ0) is 14.4. The Morgan fingerprint density at radius 3 is 2.85 bits per heavy atom. The molecular weight excluding hydrogens is 313 g/mol. The smallest absolute Gasteiger partial charge is 0.175 e. The monoisotopic (exact) mass is 325 g/mol. The lowest BCUT2D eigenvalue weighted by Gasteiger charge is -2.03. The van der Waals surface area contributed by atoms with Gasteiger partial charge >= 0.3 is 0 Å². The van der Waals surface area contributed by atoms with Crippen molar-refractivity contribution < 1.29 is 4.39 Å². The molecule has 0 radical (unpaired) electrons. The van der Waals surface area contributed by atoms with E-state index >= 15 is 0 Å². The van der Waals surface area contributed by atoms with Crippen LogP contribution in [0, 0.1) is 17.7 Å². The van der Waals surface area contributed by atoms with E-state index in [-0.39, 0.29) is 12.4 Å². The molecule has 20 heavy (non-hydrogen) atoms. The lowest BCUT2D eigenvalue weighted by molar-refractivity contribution is 0.627. The normalized spacial score (nSPS) is 10.2. The van der Waals surface area contributed by atoms with Gasteiger partial charge in [0.05, 0.1) is 6.54 Å². The lowest BCUT2D eigenvalue weighted by atomic mass is 10.1. The number of aromatic nitrogens is 2. The Bertz CT molecular complexity index is 646. The van der Waals surface area contributed by atoms with E-state index in [1.807, 2.05) is 6.26 Å². The van der Waals surface area contributed by atoms with Gasteiger partial charge in [-0.2, -0.15) is 0 Å². The number of hydrogen-bond donors (Lipinski definition) is 1. The highest BCUT2D eigenvalue weighted by Gasteiger charge is 2.07. The van der Waals surface area contributed by atoms with Crippen molar-refractivity contribution >= 4 is 34.9 Å². The average Bonchev–Trinajstić information content (AvgIpc) is 2.92. The first-order valence-corrected chi connectivity index (χ1v) is 8.73. The summed E-state index contributed by atoms with van der Waals surface area (Å²) in [4.78, 5) is 0. The summed E-state index contributed by atoms with van der Waals surface area (Å²) in [7, 11) is 0. The third-order valence-electron chi connectivity index (χ3n) is 2.31. The van der Waals surface area contributed by atoms with Gasteiger partial charge in [-0.15, -0.1) is 10.2 Å². The third-order valence-corrected chi connectivity index (χ3v) is 5.39. The first-order chi connectivity index (χ1) is 9.72. The van der Waals surface area contributed by atoms with Crippen LogP contribution in [-0.4, -0.2) is 23.0 Å². The largest absolute Gasteiger partial charge is 0.320 e. The summed E-state index contributed by atoms with van der Waals surface area (Å²) in [5.41, 5.74) is 7.00. The van der Waals surface area contributed by atoms with Crippen molar-refractivity contribution in [3.63, 3.8) is 0 Å². The van der Waals surface area contributed by atoms with Gasteiger partial charge in [0.15, 0.2) is 8.68 Å². The summed E-state index contributed by atoms with van der Waals surface area (Å²) in [5.74, 6) is 6.05. The number of rotatable bonds is 4. The molecule has 1 aromatic carbocycles. The highest BCUT2D eigenvalue weighted by Crippen LogP contribution is 2.30. The van der Waals surface area contributed by atoms with E-state index in [1.165, 1.54) is 12.1 Å². The zero-order valence-electron chi connectivity index (χ0n) is 10.7. The molecule has 0 aliphatic carbocycles. The molecule has 1 aromatic heterocycles. The van der Waals surface area contributed by atoms with Crippen LogP contribution in [0.2, 0.25) is 0 Å². The molecule has 2 N–H and O–H groups in total. The van der Waals surface area contributed by atoms with Crippen molar-refractivity contribution in [2.75, 3.05) is 12.8 Å². The Morgan fingerprint density at radius 2 is 2.15 bits per heavy atom. The number of benzene rings is 1. The molecule has 0 saturated carbocycles. The Labute approximate surface area is 129 Å². The molecule has 0 aliphatic heterocycles. The zero-order valence-corrected chi connectivity index (χ0v) is 13.2. The Morgan fingerprint density at radius 1 is 1.35 bits per heavy atom. The maximum absolute atomic E-state index is 13.3. The number of nitrogens with two attached hydrogens (primary N) is 1. The van der Waals surface area contributed by atoms with Gasteiger partial charge in [-0.05, 0) is 24.0 Å². The van der Waals surface area contributed by atoms with E-state index in [0.717, 1.165) is 14.2 Å². The van der Waals surface area contributed by atoms with Gasteiger partial charge < -0.3 is 5.73 Å². The van der Waals surface area contributed by atoms with E-state index in [0.29, 0.717) is 11.3 Å². The summed E-state index contributed by atoms with van der Waals surface area (Å²) in [5, 5.41) is 8.13. The Kier molecular flexibility index (Phi) is 5.86. The summed E-state index contributed by atoms with van der Waals surface area (Å²) >= 11 is 4.70. The van der Waals surface area contributed by atoms with Crippen LogP contribution in [0.1, 0.15) is 11.1 Å². The first kappa shape index (κ1) is 15.3. The minimum atomic E-state index is -0.291. The van der Waals surface area contributed by atoms with Gasteiger partial charge in [0.2, 0.25) is 0 Å². The molecular formula is C13H12FN3S3. The van der Waals surface area contributed by atoms with Crippen LogP contribution in [-0.2, 0) is 5.75 Å². The molecule has 104 valence electrons. The molecule has 0 aliphatic rings. The highest BCUT2D eigenvalue weighted by molar-refractivity contribution is 8.02. The first-order valence-electron chi connectivity index (χ1n) is 5.70. The standard InChI is InChI=1S/C13H12FN3S3/c1-18-12-16-17-13(20-12)19-8-10-4-5-11(14)7-9(10)3-2-6-15/h4-5,7H,6,8,15H2,1H3. The van der Waals surface area contributed by atoms with Crippen LogP contribution in [0.25, 0.3) is 0 Å². The van der Waals surface area contributed by atoms with Crippen LogP contribution < -0.4 is 5.73 Å². The fourth-order valence-electron chi connectivity index (χ4n) is 1.41. The van der Waals surface area contributed by atoms with Crippen LogP contribution in [0.3, 0.4) is 0 Å². The number of halogens is 1. The molecule has 7 heteroatoms. The summed E-state index contributed by atoms with van der Waals surface area (Å²) < 4.78 is 15.1. The van der Waals surface area contributed by atoms with Gasteiger partial charge in [-0.3, -0.25) is 0 Å². The van der Waals surface area contributed by atoms with Crippen molar-refractivity contribution in [1.82, 2.24) is 10.2 Å². The molecule has 0 bridgehead atoms. The van der Waals surface area contributed by atoms with Gasteiger partial charge in [-0.25, -0.2) is 4.39 Å². The third kappa shape index (κ3) is 4.21. The summed E-state index contributed by atoms with van der Waals surface area (Å²) in [6, 6.07) is 4.63. The minimum Gasteiger partial charge on any atom is -0.320 e.